The summed E-state index contributed by atoms with van der Waals surface area (Å²) in [5.41, 5.74) is 0. The highest BCUT2D eigenvalue weighted by Crippen LogP contribution is 2.39. The van der Waals surface area contributed by atoms with Crippen LogP contribution in [-0.4, -0.2) is 52.4 Å². The summed E-state index contributed by atoms with van der Waals surface area (Å²) in [7, 11) is 0. The van der Waals surface area contributed by atoms with Crippen LogP contribution in [-0.2, 0) is 9.53 Å². The van der Waals surface area contributed by atoms with Crippen molar-refractivity contribution in [2.45, 2.75) is 30.6 Å². The van der Waals surface area contributed by atoms with Crippen molar-refractivity contribution in [2.24, 2.45) is 0 Å². The number of nitrogens with zero attached hydrogens (tertiary/aromatic N) is 1. The average molecular weight is 308 g/mol. The summed E-state index contributed by atoms with van der Waals surface area (Å²) in [6, 6.07) is 0.208. The first-order valence-corrected chi connectivity index (χ1v) is 7.87. The number of halogens is 1. The molecule has 2 heterocycles. The van der Waals surface area contributed by atoms with Gasteiger partial charge in [-0.05, 0) is 25.5 Å². The molecule has 2 aliphatic heterocycles. The number of alkyl halides is 1. The van der Waals surface area contributed by atoms with E-state index in [0.29, 0.717) is 19.1 Å². The third kappa shape index (κ3) is 2.41. The Morgan fingerprint density at radius 3 is 3.12 bits per heavy atom. The fourth-order valence-electron chi connectivity index (χ4n) is 2.30. The molecule has 0 radical (unpaired) electrons. The molecule has 0 aromatic carbocycles. The highest BCUT2D eigenvalue weighted by molar-refractivity contribution is 9.09. The summed E-state index contributed by atoms with van der Waals surface area (Å²) in [6.45, 7) is 4.17. The fraction of sp³-hybridized carbons (Fsp3) is 0.909. The second-order valence-electron chi connectivity index (χ2n) is 4.56. The minimum absolute atomic E-state index is 0.183. The third-order valence-corrected chi connectivity index (χ3v) is 5.59. The van der Waals surface area contributed by atoms with Crippen LogP contribution in [0.1, 0.15) is 19.8 Å². The van der Waals surface area contributed by atoms with Gasteiger partial charge in [0.15, 0.2) is 0 Å². The lowest BCUT2D eigenvalue weighted by Gasteiger charge is -2.39. The molecule has 0 saturated carbocycles. The zero-order valence-electron chi connectivity index (χ0n) is 9.58. The first-order chi connectivity index (χ1) is 7.67. The van der Waals surface area contributed by atoms with Crippen molar-refractivity contribution >= 4 is 33.6 Å². The van der Waals surface area contributed by atoms with Gasteiger partial charge < -0.3 is 9.64 Å². The molecule has 16 heavy (non-hydrogen) atoms. The summed E-state index contributed by atoms with van der Waals surface area (Å²) in [6.07, 6.45) is 2.18. The minimum atomic E-state index is -0.183. The molecule has 3 nitrogen and oxygen atoms in total. The Labute approximate surface area is 109 Å². The molecule has 0 N–H and O–H groups in total. The van der Waals surface area contributed by atoms with E-state index in [1.165, 1.54) is 0 Å². The normalized spacial score (nSPS) is 35.4. The maximum Gasteiger partial charge on any atom is 0.238 e. The van der Waals surface area contributed by atoms with E-state index in [-0.39, 0.29) is 10.8 Å². The Kier molecular flexibility index (Phi) is 4.19. The molecule has 0 aromatic rings. The van der Waals surface area contributed by atoms with Crippen LogP contribution < -0.4 is 0 Å². The lowest BCUT2D eigenvalue weighted by atomic mass is 10.0. The Balaban J connectivity index is 2.07. The van der Waals surface area contributed by atoms with Crippen LogP contribution in [0.3, 0.4) is 0 Å². The van der Waals surface area contributed by atoms with E-state index in [1.807, 2.05) is 16.7 Å². The summed E-state index contributed by atoms with van der Waals surface area (Å²) < 4.78 is 5.24. The third-order valence-electron chi connectivity index (χ3n) is 3.34. The van der Waals surface area contributed by atoms with Gasteiger partial charge in [-0.15, -0.1) is 11.8 Å². The molecule has 0 aromatic heterocycles. The fourth-order valence-corrected chi connectivity index (χ4v) is 4.11. The molecule has 5 heteroatoms. The monoisotopic (exact) mass is 307 g/mol. The number of hydrogen-bond acceptors (Lipinski definition) is 3. The zero-order chi connectivity index (χ0) is 11.6. The SMILES string of the molecule is CC1(C(=O)N2CCOCC2CBr)CCCS1. The number of amides is 1. The number of ether oxygens (including phenoxy) is 1. The number of hydrogen-bond donors (Lipinski definition) is 0. The number of thioether (sulfide) groups is 1. The van der Waals surface area contributed by atoms with Gasteiger partial charge in [0.2, 0.25) is 5.91 Å². The van der Waals surface area contributed by atoms with Gasteiger partial charge in [0.25, 0.3) is 0 Å². The van der Waals surface area contributed by atoms with Crippen molar-refractivity contribution < 1.29 is 9.53 Å². The van der Waals surface area contributed by atoms with Crippen molar-refractivity contribution in [2.75, 3.05) is 30.8 Å². The molecule has 2 unspecified atom stereocenters. The van der Waals surface area contributed by atoms with Crippen LogP contribution in [0, 0.1) is 0 Å². The standard InChI is InChI=1S/C11H18BrNO2S/c1-11(3-2-6-16-11)10(14)13-4-5-15-8-9(13)7-12/h9H,2-8H2,1H3. The number of carbonyl (C=O) groups is 1. The summed E-state index contributed by atoms with van der Waals surface area (Å²) in [4.78, 5) is 14.5. The van der Waals surface area contributed by atoms with Crippen LogP contribution >= 0.6 is 27.7 Å². The molecule has 2 atom stereocenters. The van der Waals surface area contributed by atoms with Crippen molar-refractivity contribution in [3.63, 3.8) is 0 Å². The molecule has 2 aliphatic rings. The van der Waals surface area contributed by atoms with Gasteiger partial charge in [0.05, 0.1) is 24.0 Å². The van der Waals surface area contributed by atoms with Gasteiger partial charge in [-0.3, -0.25) is 4.79 Å². The summed E-state index contributed by atoms with van der Waals surface area (Å²) in [5.74, 6) is 1.42. The number of rotatable bonds is 2. The Morgan fingerprint density at radius 2 is 2.50 bits per heavy atom. The van der Waals surface area contributed by atoms with Crippen molar-refractivity contribution in [1.82, 2.24) is 4.90 Å². The quantitative estimate of drug-likeness (QED) is 0.730. The molecule has 0 bridgehead atoms. The molecule has 1 amide bonds. The first-order valence-electron chi connectivity index (χ1n) is 5.76. The first kappa shape index (κ1) is 12.7. The molecule has 2 fully saturated rings. The molecule has 92 valence electrons. The highest BCUT2D eigenvalue weighted by atomic mass is 79.9. The topological polar surface area (TPSA) is 29.5 Å². The maximum absolute atomic E-state index is 12.5. The maximum atomic E-state index is 12.5. The van der Waals surface area contributed by atoms with E-state index in [2.05, 4.69) is 22.9 Å². The van der Waals surface area contributed by atoms with Crippen LogP contribution in [0.2, 0.25) is 0 Å². The lowest BCUT2D eigenvalue weighted by molar-refractivity contribution is -0.141. The van der Waals surface area contributed by atoms with Gasteiger partial charge in [-0.25, -0.2) is 0 Å². The number of carbonyl (C=O) groups excluding carboxylic acids is 1. The molecule has 0 spiro atoms. The molecular formula is C11H18BrNO2S. The van der Waals surface area contributed by atoms with Crippen molar-refractivity contribution in [1.29, 1.82) is 0 Å². The minimum Gasteiger partial charge on any atom is -0.377 e. The number of morpholine rings is 1. The van der Waals surface area contributed by atoms with E-state index in [1.54, 1.807) is 0 Å². The van der Waals surface area contributed by atoms with Crippen molar-refractivity contribution in [3.8, 4) is 0 Å². The van der Waals surface area contributed by atoms with E-state index >= 15 is 0 Å². The van der Waals surface area contributed by atoms with Crippen LogP contribution in [0.4, 0.5) is 0 Å². The Hall–Kier alpha value is 0.260. The largest absolute Gasteiger partial charge is 0.377 e. The smallest absolute Gasteiger partial charge is 0.238 e. The van der Waals surface area contributed by atoms with Crippen LogP contribution in [0.15, 0.2) is 0 Å². The van der Waals surface area contributed by atoms with Crippen LogP contribution in [0.25, 0.3) is 0 Å². The van der Waals surface area contributed by atoms with E-state index < -0.39 is 0 Å². The van der Waals surface area contributed by atoms with E-state index in [9.17, 15) is 4.79 Å². The molecular weight excluding hydrogens is 290 g/mol. The average Bonchev–Trinajstić information content (AvgIpc) is 2.76. The highest BCUT2D eigenvalue weighted by Gasteiger charge is 2.42. The summed E-state index contributed by atoms with van der Waals surface area (Å²) >= 11 is 5.28. The van der Waals surface area contributed by atoms with Gasteiger partial charge >= 0.3 is 0 Å². The van der Waals surface area contributed by atoms with Gasteiger partial charge in [-0.2, -0.15) is 0 Å². The predicted molar refractivity (Wildman–Crippen MR) is 70.2 cm³/mol. The molecule has 2 rings (SSSR count). The van der Waals surface area contributed by atoms with Crippen molar-refractivity contribution in [3.05, 3.63) is 0 Å². The van der Waals surface area contributed by atoms with E-state index in [0.717, 1.165) is 30.5 Å². The predicted octanol–water partition coefficient (Wildman–Crippen LogP) is 1.89. The lowest BCUT2D eigenvalue weighted by Crippen LogP contribution is -2.55. The Morgan fingerprint density at radius 1 is 1.69 bits per heavy atom. The van der Waals surface area contributed by atoms with Gasteiger partial charge in [0, 0.05) is 11.9 Å². The second-order valence-corrected chi connectivity index (χ2v) is 6.81. The summed E-state index contributed by atoms with van der Waals surface area (Å²) in [5, 5.41) is 0.805. The zero-order valence-corrected chi connectivity index (χ0v) is 12.0. The molecule has 0 aliphatic carbocycles. The van der Waals surface area contributed by atoms with Crippen LogP contribution in [0.5, 0.6) is 0 Å². The Bertz CT molecular complexity index is 269. The molecule has 2 saturated heterocycles. The van der Waals surface area contributed by atoms with E-state index in [4.69, 9.17) is 4.74 Å². The van der Waals surface area contributed by atoms with Gasteiger partial charge in [-0.1, -0.05) is 15.9 Å². The second kappa shape index (κ2) is 5.27. The van der Waals surface area contributed by atoms with Gasteiger partial charge in [0.1, 0.15) is 0 Å².